The van der Waals surface area contributed by atoms with Crippen LogP contribution in [0, 0.1) is 0 Å². The van der Waals surface area contributed by atoms with Gasteiger partial charge in [0.2, 0.25) is 5.82 Å². The summed E-state index contributed by atoms with van der Waals surface area (Å²) in [5.74, 6) is 0.254. The third kappa shape index (κ3) is 5.58. The average molecular weight is 525 g/mol. The summed E-state index contributed by atoms with van der Waals surface area (Å²) in [5.41, 5.74) is 8.39. The molecule has 2 aromatic heterocycles. The van der Waals surface area contributed by atoms with Crippen molar-refractivity contribution in [3.05, 3.63) is 138 Å². The lowest BCUT2D eigenvalue weighted by Gasteiger charge is -2.03. The molecule has 0 saturated carbocycles. The third-order valence-electron chi connectivity index (χ3n) is 6.21. The molecule has 6 aromatic rings. The highest BCUT2D eigenvalue weighted by atomic mass is 16.2. The van der Waals surface area contributed by atoms with E-state index in [4.69, 9.17) is 5.10 Å². The Balaban J connectivity index is 1.13. The Labute approximate surface area is 230 Å². The van der Waals surface area contributed by atoms with Gasteiger partial charge < -0.3 is 0 Å². The van der Waals surface area contributed by atoms with Crippen molar-refractivity contribution in [2.75, 3.05) is 0 Å². The summed E-state index contributed by atoms with van der Waals surface area (Å²) in [6.07, 6.45) is 3.51. The molecule has 0 spiro atoms. The van der Waals surface area contributed by atoms with Crippen molar-refractivity contribution >= 4 is 12.1 Å². The number of hydrogen-bond acceptors (Lipinski definition) is 6. The number of hydrogen-bond donors (Lipinski definition) is 1. The minimum Gasteiger partial charge on any atom is -0.267 e. The number of hydrazone groups is 1. The van der Waals surface area contributed by atoms with Crippen LogP contribution in [0.2, 0.25) is 0 Å². The van der Waals surface area contributed by atoms with Gasteiger partial charge in [0.1, 0.15) is 5.69 Å². The molecule has 0 atom stereocenters. The van der Waals surface area contributed by atoms with Crippen LogP contribution < -0.4 is 5.43 Å². The van der Waals surface area contributed by atoms with Crippen molar-refractivity contribution < 1.29 is 4.79 Å². The number of amides is 1. The summed E-state index contributed by atoms with van der Waals surface area (Å²) in [7, 11) is 0. The van der Waals surface area contributed by atoms with E-state index in [1.165, 1.54) is 4.80 Å². The van der Waals surface area contributed by atoms with Crippen molar-refractivity contribution in [2.45, 2.75) is 6.54 Å². The third-order valence-corrected chi connectivity index (χ3v) is 6.21. The van der Waals surface area contributed by atoms with E-state index in [2.05, 4.69) is 25.9 Å². The molecule has 0 unspecified atom stereocenters. The fraction of sp³-hybridized carbons (Fsp3) is 0.0323. The van der Waals surface area contributed by atoms with Crippen LogP contribution in [-0.4, -0.2) is 42.1 Å². The second kappa shape index (κ2) is 11.4. The predicted molar refractivity (Wildman–Crippen MR) is 153 cm³/mol. The highest BCUT2D eigenvalue weighted by molar-refractivity contribution is 5.95. The molecule has 194 valence electrons. The highest BCUT2D eigenvalue weighted by Gasteiger charge is 2.12. The standard InChI is InChI=1S/C31H24N8O/c40-31(26-18-16-23(17-19-26)21-39-36-30(33-37-39)25-12-6-2-7-13-25)34-32-20-27-22-38(28-14-8-3-9-15-28)35-29(27)24-10-4-1-5-11-24/h1-20,22H,21H2,(H,34,40)/b32-20+. The molecule has 0 radical (unpaired) electrons. The molecule has 0 aliphatic rings. The summed E-state index contributed by atoms with van der Waals surface area (Å²) in [4.78, 5) is 14.3. The van der Waals surface area contributed by atoms with E-state index >= 15 is 0 Å². The number of para-hydroxylation sites is 1. The van der Waals surface area contributed by atoms with Crippen molar-refractivity contribution in [1.29, 1.82) is 0 Å². The molecule has 0 fully saturated rings. The van der Waals surface area contributed by atoms with E-state index in [1.807, 2.05) is 109 Å². The van der Waals surface area contributed by atoms with Gasteiger partial charge >= 0.3 is 0 Å². The Morgan fingerprint density at radius 3 is 2.12 bits per heavy atom. The predicted octanol–water partition coefficient (Wildman–Crippen LogP) is 5.01. The molecular weight excluding hydrogens is 500 g/mol. The molecule has 1 N–H and O–H groups in total. The van der Waals surface area contributed by atoms with Crippen LogP contribution in [-0.2, 0) is 6.54 Å². The molecule has 0 aliphatic carbocycles. The average Bonchev–Trinajstić information content (AvgIpc) is 3.66. The number of carbonyl (C=O) groups is 1. The first-order chi connectivity index (χ1) is 19.7. The van der Waals surface area contributed by atoms with Crippen LogP contribution >= 0.6 is 0 Å². The topological polar surface area (TPSA) is 103 Å². The van der Waals surface area contributed by atoms with Crippen LogP contribution in [0.3, 0.4) is 0 Å². The smallest absolute Gasteiger partial charge is 0.267 e. The maximum absolute atomic E-state index is 12.8. The normalized spacial score (nSPS) is 11.1. The van der Waals surface area contributed by atoms with E-state index < -0.39 is 0 Å². The lowest BCUT2D eigenvalue weighted by Crippen LogP contribution is -2.17. The van der Waals surface area contributed by atoms with Crippen molar-refractivity contribution in [3.63, 3.8) is 0 Å². The molecular formula is C31H24N8O. The maximum Gasteiger partial charge on any atom is 0.271 e. The van der Waals surface area contributed by atoms with Crippen LogP contribution in [0.5, 0.6) is 0 Å². The second-order valence-corrected chi connectivity index (χ2v) is 8.98. The summed E-state index contributed by atoms with van der Waals surface area (Å²) < 4.78 is 1.80. The molecule has 4 aromatic carbocycles. The fourth-order valence-electron chi connectivity index (χ4n) is 4.18. The maximum atomic E-state index is 12.8. The van der Waals surface area contributed by atoms with Crippen molar-refractivity contribution in [2.24, 2.45) is 5.10 Å². The van der Waals surface area contributed by atoms with E-state index in [0.29, 0.717) is 17.9 Å². The molecule has 6 rings (SSSR count). The van der Waals surface area contributed by atoms with Gasteiger partial charge in [0.05, 0.1) is 18.4 Å². The Morgan fingerprint density at radius 1 is 0.775 bits per heavy atom. The molecule has 9 nitrogen and oxygen atoms in total. The van der Waals surface area contributed by atoms with Crippen LogP contribution in [0.25, 0.3) is 28.3 Å². The van der Waals surface area contributed by atoms with Gasteiger partial charge in [0, 0.05) is 28.5 Å². The Hall–Kier alpha value is -5.70. The largest absolute Gasteiger partial charge is 0.271 e. The van der Waals surface area contributed by atoms with Gasteiger partial charge in [-0.05, 0) is 35.0 Å². The van der Waals surface area contributed by atoms with E-state index in [1.54, 1.807) is 23.0 Å². The van der Waals surface area contributed by atoms with Crippen LogP contribution in [0.1, 0.15) is 21.5 Å². The summed E-state index contributed by atoms with van der Waals surface area (Å²) in [5, 5.41) is 21.7. The molecule has 40 heavy (non-hydrogen) atoms. The Kier molecular flexibility index (Phi) is 6.99. The summed E-state index contributed by atoms with van der Waals surface area (Å²) in [6, 6.07) is 36.6. The molecule has 9 heteroatoms. The quantitative estimate of drug-likeness (QED) is 0.223. The first-order valence-corrected chi connectivity index (χ1v) is 12.7. The highest BCUT2D eigenvalue weighted by Crippen LogP contribution is 2.22. The van der Waals surface area contributed by atoms with Gasteiger partial charge in [0.15, 0.2) is 0 Å². The minimum absolute atomic E-state index is 0.315. The van der Waals surface area contributed by atoms with Gasteiger partial charge in [-0.25, -0.2) is 10.1 Å². The van der Waals surface area contributed by atoms with Gasteiger partial charge in [-0.15, -0.1) is 10.2 Å². The number of nitrogens with one attached hydrogen (secondary N) is 1. The van der Waals surface area contributed by atoms with Gasteiger partial charge in [-0.3, -0.25) is 4.79 Å². The van der Waals surface area contributed by atoms with E-state index in [0.717, 1.165) is 33.6 Å². The minimum atomic E-state index is -0.315. The fourth-order valence-corrected chi connectivity index (χ4v) is 4.18. The van der Waals surface area contributed by atoms with Gasteiger partial charge in [-0.2, -0.15) is 15.0 Å². The SMILES string of the molecule is O=C(N/N=C/c1cn(-c2ccccc2)nc1-c1ccccc1)c1ccc(Cn2nnc(-c3ccccc3)n2)cc1. The number of nitrogens with zero attached hydrogens (tertiary/aromatic N) is 7. The molecule has 0 saturated heterocycles. The number of benzene rings is 4. The number of carbonyl (C=O) groups excluding carboxylic acids is 1. The van der Waals surface area contributed by atoms with Crippen molar-refractivity contribution in [1.82, 2.24) is 35.4 Å². The number of tetrazole rings is 1. The zero-order chi connectivity index (χ0) is 27.1. The molecule has 2 heterocycles. The zero-order valence-corrected chi connectivity index (χ0v) is 21.4. The molecule has 0 bridgehead atoms. The monoisotopic (exact) mass is 524 g/mol. The van der Waals surface area contributed by atoms with Crippen LogP contribution in [0.4, 0.5) is 0 Å². The van der Waals surface area contributed by atoms with E-state index in [-0.39, 0.29) is 5.91 Å². The zero-order valence-electron chi connectivity index (χ0n) is 21.4. The first kappa shape index (κ1) is 24.6. The molecule has 0 aliphatic heterocycles. The van der Waals surface area contributed by atoms with Crippen molar-refractivity contribution in [3.8, 4) is 28.3 Å². The first-order valence-electron chi connectivity index (χ1n) is 12.7. The van der Waals surface area contributed by atoms with E-state index in [9.17, 15) is 4.79 Å². The van der Waals surface area contributed by atoms with Gasteiger partial charge in [0.25, 0.3) is 5.91 Å². The van der Waals surface area contributed by atoms with Crippen LogP contribution in [0.15, 0.2) is 127 Å². The number of aromatic nitrogens is 6. The lowest BCUT2D eigenvalue weighted by atomic mass is 10.1. The Morgan fingerprint density at radius 2 is 1.43 bits per heavy atom. The Bertz CT molecular complexity index is 1740. The lowest BCUT2D eigenvalue weighted by molar-refractivity contribution is 0.0955. The summed E-state index contributed by atoms with van der Waals surface area (Å²) >= 11 is 0. The summed E-state index contributed by atoms with van der Waals surface area (Å²) in [6.45, 7) is 0.438. The second-order valence-electron chi connectivity index (χ2n) is 8.98. The van der Waals surface area contributed by atoms with Gasteiger partial charge in [-0.1, -0.05) is 91.0 Å². The molecule has 1 amide bonds. The number of rotatable bonds is 8.